The van der Waals surface area contributed by atoms with Gasteiger partial charge in [-0.2, -0.15) is 5.26 Å². The lowest BCUT2D eigenvalue weighted by molar-refractivity contribution is 0.252. The molecule has 0 bridgehead atoms. The van der Waals surface area contributed by atoms with E-state index in [9.17, 15) is 18.1 Å². The summed E-state index contributed by atoms with van der Waals surface area (Å²) in [5.41, 5.74) is 9.81. The van der Waals surface area contributed by atoms with Gasteiger partial charge in [0.05, 0.1) is 22.6 Å². The van der Waals surface area contributed by atoms with Crippen LogP contribution in [0.2, 0.25) is 0 Å². The zero-order valence-corrected chi connectivity index (χ0v) is 19.1. The molecule has 33 heavy (non-hydrogen) atoms. The van der Waals surface area contributed by atoms with Gasteiger partial charge in [-0.05, 0) is 54.3 Å². The maximum atomic E-state index is 13.4. The molecule has 0 amide bonds. The molecule has 4 rings (SSSR count). The summed E-state index contributed by atoms with van der Waals surface area (Å²) in [7, 11) is -3.90. The third-order valence-corrected chi connectivity index (χ3v) is 7.37. The minimum atomic E-state index is -3.90. The number of nitrogens with two attached hydrogens (primary N) is 1. The second-order valence-corrected chi connectivity index (χ2v) is 9.98. The van der Waals surface area contributed by atoms with Crippen molar-refractivity contribution in [2.45, 2.75) is 23.8 Å². The Morgan fingerprint density at radius 1 is 1.27 bits per heavy atom. The standard InChI is InChI=1S/C23H21FN4O3S2/c24-17-6-4-15(5-7-17)19-2-1-3-21(26)20(19)12-31-22-9-8-18(10-16(22)11-25)33(29,30)28-23-13-32-14-27-23/h2,4-10,13-14,20-21,28H,1,3,12,26H2. The number of allylic oxidation sites excluding steroid dienone is 1. The van der Waals surface area contributed by atoms with Gasteiger partial charge in [0.1, 0.15) is 17.6 Å². The first-order valence-corrected chi connectivity index (χ1v) is 12.6. The van der Waals surface area contributed by atoms with Crippen LogP contribution in [-0.2, 0) is 10.0 Å². The quantitative estimate of drug-likeness (QED) is 0.520. The van der Waals surface area contributed by atoms with Crippen molar-refractivity contribution in [3.63, 3.8) is 0 Å². The van der Waals surface area contributed by atoms with Crippen LogP contribution >= 0.6 is 11.3 Å². The van der Waals surface area contributed by atoms with Crippen LogP contribution in [0, 0.1) is 23.1 Å². The van der Waals surface area contributed by atoms with Gasteiger partial charge in [0.2, 0.25) is 0 Å². The maximum absolute atomic E-state index is 13.4. The van der Waals surface area contributed by atoms with E-state index in [0.29, 0.717) is 0 Å². The Bertz CT molecular complexity index is 1300. The second-order valence-electron chi connectivity index (χ2n) is 7.57. The number of halogens is 1. The van der Waals surface area contributed by atoms with E-state index >= 15 is 0 Å². The topological polar surface area (TPSA) is 118 Å². The molecule has 3 N–H and O–H groups in total. The zero-order chi connectivity index (χ0) is 23.4. The second kappa shape index (κ2) is 9.70. The molecular formula is C23H21FN4O3S2. The Balaban J connectivity index is 1.53. The van der Waals surface area contributed by atoms with Crippen LogP contribution in [0.3, 0.4) is 0 Å². The normalized spacial score (nSPS) is 18.3. The number of nitriles is 1. The molecule has 0 radical (unpaired) electrons. The number of anilines is 1. The van der Waals surface area contributed by atoms with Gasteiger partial charge in [-0.15, -0.1) is 11.3 Å². The molecule has 0 spiro atoms. The summed E-state index contributed by atoms with van der Waals surface area (Å²) in [5.74, 6) is 0.00212. The third-order valence-electron chi connectivity index (χ3n) is 5.43. The van der Waals surface area contributed by atoms with Crippen molar-refractivity contribution >= 4 is 32.8 Å². The number of thiazole rings is 1. The van der Waals surface area contributed by atoms with Crippen molar-refractivity contribution in [3.05, 3.63) is 76.4 Å². The van der Waals surface area contributed by atoms with Crippen LogP contribution in [0.5, 0.6) is 5.75 Å². The van der Waals surface area contributed by atoms with Crippen LogP contribution in [-0.4, -0.2) is 26.1 Å². The maximum Gasteiger partial charge on any atom is 0.263 e. The molecule has 1 aliphatic rings. The molecule has 1 aromatic heterocycles. The van der Waals surface area contributed by atoms with E-state index in [1.165, 1.54) is 47.2 Å². The fourth-order valence-electron chi connectivity index (χ4n) is 3.73. The van der Waals surface area contributed by atoms with E-state index in [1.54, 1.807) is 17.5 Å². The average molecular weight is 485 g/mol. The Hall–Kier alpha value is -3.26. The number of aromatic nitrogens is 1. The molecule has 10 heteroatoms. The molecule has 2 atom stereocenters. The molecule has 0 fully saturated rings. The van der Waals surface area contributed by atoms with Crippen molar-refractivity contribution in [1.29, 1.82) is 5.26 Å². The summed E-state index contributed by atoms with van der Waals surface area (Å²) in [6.07, 6.45) is 3.67. The van der Waals surface area contributed by atoms with Crippen molar-refractivity contribution < 1.29 is 17.5 Å². The monoisotopic (exact) mass is 484 g/mol. The van der Waals surface area contributed by atoms with Crippen molar-refractivity contribution in [1.82, 2.24) is 4.98 Å². The number of benzene rings is 2. The Kier molecular flexibility index (Phi) is 6.74. The fourth-order valence-corrected chi connectivity index (χ4v) is 5.31. The van der Waals surface area contributed by atoms with E-state index in [0.717, 1.165) is 24.0 Å². The van der Waals surface area contributed by atoms with Crippen molar-refractivity contribution in [3.8, 4) is 11.8 Å². The van der Waals surface area contributed by atoms with E-state index in [-0.39, 0.29) is 46.4 Å². The Morgan fingerprint density at radius 3 is 2.76 bits per heavy atom. The summed E-state index contributed by atoms with van der Waals surface area (Å²) >= 11 is 1.26. The van der Waals surface area contributed by atoms with Gasteiger partial charge in [-0.25, -0.2) is 17.8 Å². The summed E-state index contributed by atoms with van der Waals surface area (Å²) in [5, 5.41) is 11.2. The third kappa shape index (κ3) is 5.22. The first-order chi connectivity index (χ1) is 15.9. The molecule has 0 saturated heterocycles. The van der Waals surface area contributed by atoms with Gasteiger partial charge >= 0.3 is 0 Å². The van der Waals surface area contributed by atoms with E-state index in [4.69, 9.17) is 10.5 Å². The number of sulfonamides is 1. The number of nitrogens with zero attached hydrogens (tertiary/aromatic N) is 2. The number of rotatable bonds is 7. The minimum absolute atomic E-state index is 0.0688. The summed E-state index contributed by atoms with van der Waals surface area (Å²) < 4.78 is 46.9. The van der Waals surface area contributed by atoms with Crippen molar-refractivity contribution in [2.24, 2.45) is 11.7 Å². The van der Waals surface area contributed by atoms with Gasteiger partial charge in [0, 0.05) is 17.3 Å². The number of hydrogen-bond donors (Lipinski definition) is 2. The molecule has 7 nitrogen and oxygen atoms in total. The largest absolute Gasteiger partial charge is 0.492 e. The number of ether oxygens (including phenoxy) is 1. The molecule has 170 valence electrons. The SMILES string of the molecule is N#Cc1cc(S(=O)(=O)Nc2cscn2)ccc1OCC1C(c2ccc(F)cc2)=CCCC1N. The molecule has 2 unspecified atom stereocenters. The molecule has 0 saturated carbocycles. The highest BCUT2D eigenvalue weighted by atomic mass is 32.2. The first kappa shape index (κ1) is 22.9. The first-order valence-electron chi connectivity index (χ1n) is 10.2. The van der Waals surface area contributed by atoms with Gasteiger partial charge in [0.25, 0.3) is 10.0 Å². The lowest BCUT2D eigenvalue weighted by Crippen LogP contribution is -2.36. The van der Waals surface area contributed by atoms with Crippen LogP contribution in [0.1, 0.15) is 24.0 Å². The van der Waals surface area contributed by atoms with E-state index in [1.807, 2.05) is 6.07 Å². The van der Waals surface area contributed by atoms with Crippen LogP contribution < -0.4 is 15.2 Å². The molecule has 2 aromatic carbocycles. The highest BCUT2D eigenvalue weighted by Crippen LogP contribution is 2.33. The van der Waals surface area contributed by atoms with Gasteiger partial charge in [0.15, 0.2) is 5.82 Å². The Morgan fingerprint density at radius 2 is 2.06 bits per heavy atom. The summed E-state index contributed by atoms with van der Waals surface area (Å²) in [4.78, 5) is 3.84. The molecule has 1 heterocycles. The summed E-state index contributed by atoms with van der Waals surface area (Å²) in [6, 6.07) is 12.2. The van der Waals surface area contributed by atoms with E-state index in [2.05, 4.69) is 15.8 Å². The predicted molar refractivity (Wildman–Crippen MR) is 125 cm³/mol. The smallest absolute Gasteiger partial charge is 0.263 e. The van der Waals surface area contributed by atoms with Crippen LogP contribution in [0.4, 0.5) is 10.2 Å². The summed E-state index contributed by atoms with van der Waals surface area (Å²) in [6.45, 7) is 0.197. The van der Waals surface area contributed by atoms with Gasteiger partial charge < -0.3 is 10.5 Å². The molecular weight excluding hydrogens is 463 g/mol. The molecule has 1 aliphatic carbocycles. The number of nitrogens with one attached hydrogen (secondary N) is 1. The van der Waals surface area contributed by atoms with Crippen molar-refractivity contribution in [2.75, 3.05) is 11.3 Å². The van der Waals surface area contributed by atoms with Crippen LogP contribution in [0.15, 0.2) is 64.3 Å². The molecule has 0 aliphatic heterocycles. The highest BCUT2D eigenvalue weighted by Gasteiger charge is 2.27. The van der Waals surface area contributed by atoms with Gasteiger partial charge in [-0.3, -0.25) is 4.72 Å². The average Bonchev–Trinajstić information content (AvgIpc) is 3.31. The molecule has 3 aromatic rings. The van der Waals surface area contributed by atoms with Gasteiger partial charge in [-0.1, -0.05) is 18.2 Å². The zero-order valence-electron chi connectivity index (χ0n) is 17.4. The number of hydrogen-bond acceptors (Lipinski definition) is 7. The van der Waals surface area contributed by atoms with E-state index < -0.39 is 10.0 Å². The minimum Gasteiger partial charge on any atom is -0.492 e. The predicted octanol–water partition coefficient (Wildman–Crippen LogP) is 4.15. The Labute approximate surface area is 195 Å². The lowest BCUT2D eigenvalue weighted by Gasteiger charge is -2.30. The highest BCUT2D eigenvalue weighted by molar-refractivity contribution is 7.92. The lowest BCUT2D eigenvalue weighted by atomic mass is 9.81. The fraction of sp³-hybridized carbons (Fsp3) is 0.217. The van der Waals surface area contributed by atoms with Crippen LogP contribution in [0.25, 0.3) is 5.57 Å².